The van der Waals surface area contributed by atoms with Gasteiger partial charge in [-0.1, -0.05) is 20.8 Å². The molecule has 0 fully saturated rings. The lowest BCUT2D eigenvalue weighted by Crippen LogP contribution is -2.09. The van der Waals surface area contributed by atoms with E-state index in [1.54, 1.807) is 0 Å². The molecule has 1 rings (SSSR count). The average molecular weight is 166 g/mol. The van der Waals surface area contributed by atoms with Gasteiger partial charge in [-0.25, -0.2) is 0 Å². The van der Waals surface area contributed by atoms with Crippen molar-refractivity contribution in [2.24, 2.45) is 12.5 Å². The summed E-state index contributed by atoms with van der Waals surface area (Å²) in [6.45, 7) is 8.78. The fourth-order valence-electron chi connectivity index (χ4n) is 1.26. The van der Waals surface area contributed by atoms with Gasteiger partial charge in [-0.3, -0.25) is 4.68 Å². The molecule has 0 spiro atoms. The third kappa shape index (κ3) is 2.36. The van der Waals surface area contributed by atoms with Gasteiger partial charge >= 0.3 is 0 Å². The van der Waals surface area contributed by atoms with Crippen molar-refractivity contribution in [1.82, 2.24) is 9.78 Å². The Morgan fingerprint density at radius 2 is 2.00 bits per heavy atom. The molecule has 12 heavy (non-hydrogen) atoms. The van der Waals surface area contributed by atoms with Crippen LogP contribution >= 0.6 is 0 Å². The molecule has 0 aromatic carbocycles. The molecule has 0 radical (unpaired) electrons. The van der Waals surface area contributed by atoms with E-state index in [0.29, 0.717) is 5.41 Å². The number of aryl methyl sites for hydroxylation is 2. The van der Waals surface area contributed by atoms with E-state index in [0.717, 1.165) is 6.42 Å². The number of rotatable bonds is 1. The maximum atomic E-state index is 4.41. The quantitative estimate of drug-likeness (QED) is 0.626. The summed E-state index contributed by atoms with van der Waals surface area (Å²) >= 11 is 0. The summed E-state index contributed by atoms with van der Waals surface area (Å²) in [7, 11) is 1.99. The summed E-state index contributed by atoms with van der Waals surface area (Å²) < 4.78 is 1.93. The first-order valence-corrected chi connectivity index (χ1v) is 4.38. The van der Waals surface area contributed by atoms with Gasteiger partial charge < -0.3 is 0 Å². The van der Waals surface area contributed by atoms with E-state index in [1.807, 2.05) is 11.7 Å². The third-order valence-corrected chi connectivity index (χ3v) is 1.88. The second-order valence-corrected chi connectivity index (χ2v) is 4.64. The van der Waals surface area contributed by atoms with Crippen LogP contribution in [-0.4, -0.2) is 9.78 Å². The van der Waals surface area contributed by atoms with E-state index < -0.39 is 0 Å². The molecule has 0 amide bonds. The number of nitrogens with zero attached hydrogens (tertiary/aromatic N) is 2. The summed E-state index contributed by atoms with van der Waals surface area (Å²) in [4.78, 5) is 0. The van der Waals surface area contributed by atoms with Crippen molar-refractivity contribution in [3.63, 3.8) is 0 Å². The van der Waals surface area contributed by atoms with Crippen LogP contribution in [0, 0.1) is 12.3 Å². The average Bonchev–Trinajstić information content (AvgIpc) is 2.07. The van der Waals surface area contributed by atoms with Crippen molar-refractivity contribution < 1.29 is 0 Å². The van der Waals surface area contributed by atoms with Gasteiger partial charge in [0.25, 0.3) is 0 Å². The first kappa shape index (κ1) is 9.30. The molecule has 1 aromatic heterocycles. The maximum absolute atomic E-state index is 4.41. The van der Waals surface area contributed by atoms with Crippen LogP contribution in [-0.2, 0) is 13.5 Å². The Balaban J connectivity index is 2.77. The monoisotopic (exact) mass is 166 g/mol. The lowest BCUT2D eigenvalue weighted by Gasteiger charge is -2.15. The van der Waals surface area contributed by atoms with Gasteiger partial charge in [0, 0.05) is 12.7 Å². The van der Waals surface area contributed by atoms with Gasteiger partial charge in [0.2, 0.25) is 0 Å². The third-order valence-electron chi connectivity index (χ3n) is 1.88. The van der Waals surface area contributed by atoms with Crippen LogP contribution in [0.4, 0.5) is 0 Å². The van der Waals surface area contributed by atoms with Crippen molar-refractivity contribution in [2.45, 2.75) is 34.1 Å². The Hall–Kier alpha value is -0.790. The topological polar surface area (TPSA) is 17.8 Å². The normalized spacial score (nSPS) is 12.1. The lowest BCUT2D eigenvalue weighted by molar-refractivity contribution is 0.404. The first-order chi connectivity index (χ1) is 5.38. The fraction of sp³-hybridized carbons (Fsp3) is 0.700. The summed E-state index contributed by atoms with van der Waals surface area (Å²) in [6, 6.07) is 2.16. The predicted octanol–water partition coefficient (Wildman–Crippen LogP) is 2.32. The van der Waals surface area contributed by atoms with E-state index in [1.165, 1.54) is 11.4 Å². The summed E-state index contributed by atoms with van der Waals surface area (Å²) in [5.41, 5.74) is 2.76. The zero-order valence-electron chi connectivity index (χ0n) is 8.68. The zero-order chi connectivity index (χ0) is 9.35. The zero-order valence-corrected chi connectivity index (χ0v) is 8.68. The van der Waals surface area contributed by atoms with Crippen molar-refractivity contribution in [1.29, 1.82) is 0 Å². The molecule has 0 saturated heterocycles. The minimum atomic E-state index is 0.334. The molecule has 0 bridgehead atoms. The van der Waals surface area contributed by atoms with Crippen molar-refractivity contribution in [3.05, 3.63) is 17.5 Å². The molecular formula is C10H18N2. The highest BCUT2D eigenvalue weighted by Crippen LogP contribution is 2.19. The molecule has 2 nitrogen and oxygen atoms in total. The van der Waals surface area contributed by atoms with Crippen molar-refractivity contribution >= 4 is 0 Å². The van der Waals surface area contributed by atoms with E-state index in [-0.39, 0.29) is 0 Å². The fourth-order valence-corrected chi connectivity index (χ4v) is 1.26. The Morgan fingerprint density at radius 1 is 1.42 bits per heavy atom. The molecule has 1 heterocycles. The molecule has 0 N–H and O–H groups in total. The Morgan fingerprint density at radius 3 is 2.33 bits per heavy atom. The molecule has 2 heteroatoms. The van der Waals surface area contributed by atoms with Crippen LogP contribution in [0.25, 0.3) is 0 Å². The molecule has 0 atom stereocenters. The van der Waals surface area contributed by atoms with Gasteiger partial charge in [0.15, 0.2) is 0 Å². The molecule has 0 aliphatic carbocycles. The Bertz CT molecular complexity index is 246. The highest BCUT2D eigenvalue weighted by Gasteiger charge is 2.13. The SMILES string of the molecule is Cc1cc(CC(C)(C)C)nn1C. The predicted molar refractivity (Wildman–Crippen MR) is 51.1 cm³/mol. The molecule has 0 aliphatic heterocycles. The van der Waals surface area contributed by atoms with Crippen LogP contribution in [0.3, 0.4) is 0 Å². The smallest absolute Gasteiger partial charge is 0.0632 e. The van der Waals surface area contributed by atoms with E-state index >= 15 is 0 Å². The number of hydrogen-bond donors (Lipinski definition) is 0. The van der Waals surface area contributed by atoms with Gasteiger partial charge in [0.05, 0.1) is 5.69 Å². The second-order valence-electron chi connectivity index (χ2n) is 4.64. The highest BCUT2D eigenvalue weighted by molar-refractivity contribution is 5.09. The Labute approximate surface area is 74.6 Å². The van der Waals surface area contributed by atoms with Crippen LogP contribution in [0.2, 0.25) is 0 Å². The molecular weight excluding hydrogens is 148 g/mol. The van der Waals surface area contributed by atoms with Gasteiger partial charge in [-0.15, -0.1) is 0 Å². The summed E-state index contributed by atoms with van der Waals surface area (Å²) in [5, 5.41) is 4.41. The maximum Gasteiger partial charge on any atom is 0.0632 e. The van der Waals surface area contributed by atoms with E-state index in [4.69, 9.17) is 0 Å². The number of hydrogen-bond acceptors (Lipinski definition) is 1. The van der Waals surface area contributed by atoms with Crippen LogP contribution in [0.1, 0.15) is 32.2 Å². The Kier molecular flexibility index (Phi) is 2.27. The minimum Gasteiger partial charge on any atom is -0.273 e. The largest absolute Gasteiger partial charge is 0.273 e. The van der Waals surface area contributed by atoms with Gasteiger partial charge in [-0.2, -0.15) is 5.10 Å². The minimum absolute atomic E-state index is 0.334. The summed E-state index contributed by atoms with van der Waals surface area (Å²) in [5.74, 6) is 0. The first-order valence-electron chi connectivity index (χ1n) is 4.38. The van der Waals surface area contributed by atoms with E-state index in [2.05, 4.69) is 38.9 Å². The van der Waals surface area contributed by atoms with Crippen LogP contribution in [0.15, 0.2) is 6.07 Å². The molecule has 68 valence electrons. The van der Waals surface area contributed by atoms with Crippen molar-refractivity contribution in [2.75, 3.05) is 0 Å². The van der Waals surface area contributed by atoms with Gasteiger partial charge in [0.1, 0.15) is 0 Å². The standard InChI is InChI=1S/C10H18N2/c1-8-6-9(11-12(8)5)7-10(2,3)4/h6H,7H2,1-5H3. The molecule has 1 aromatic rings. The van der Waals surface area contributed by atoms with Gasteiger partial charge in [-0.05, 0) is 24.8 Å². The highest BCUT2D eigenvalue weighted by atomic mass is 15.3. The van der Waals surface area contributed by atoms with Crippen molar-refractivity contribution in [3.8, 4) is 0 Å². The van der Waals surface area contributed by atoms with Crippen LogP contribution < -0.4 is 0 Å². The lowest BCUT2D eigenvalue weighted by atomic mass is 9.91. The summed E-state index contributed by atoms with van der Waals surface area (Å²) in [6.07, 6.45) is 1.05. The number of aromatic nitrogens is 2. The second kappa shape index (κ2) is 2.92. The molecule has 0 saturated carbocycles. The molecule has 0 aliphatic rings. The van der Waals surface area contributed by atoms with Crippen LogP contribution in [0.5, 0.6) is 0 Å². The molecule has 0 unspecified atom stereocenters. The van der Waals surface area contributed by atoms with E-state index in [9.17, 15) is 0 Å².